The second kappa shape index (κ2) is 14.6. The van der Waals surface area contributed by atoms with E-state index in [1.54, 1.807) is 30.3 Å². The molecule has 0 aliphatic carbocycles. The van der Waals surface area contributed by atoms with Gasteiger partial charge in [0.05, 0.1) is 11.9 Å². The fourth-order valence-corrected chi connectivity index (χ4v) is 5.58. The lowest BCUT2D eigenvalue weighted by molar-refractivity contribution is -0.141. The topological polar surface area (TPSA) is 86.8 Å². The Hall–Kier alpha value is -2.29. The second-order valence-corrected chi connectivity index (χ2v) is 11.8. The second-order valence-electron chi connectivity index (χ2n) is 9.05. The maximum absolute atomic E-state index is 13.5. The quantitative estimate of drug-likeness (QED) is 0.301. The van der Waals surface area contributed by atoms with E-state index in [0.29, 0.717) is 40.7 Å². The van der Waals surface area contributed by atoms with Crippen LogP contribution in [0.3, 0.4) is 0 Å². The van der Waals surface area contributed by atoms with Gasteiger partial charge in [0.2, 0.25) is 21.8 Å². The van der Waals surface area contributed by atoms with Crippen LogP contribution in [0.4, 0.5) is 5.69 Å². The Labute approximate surface area is 231 Å². The Bertz CT molecular complexity index is 1170. The van der Waals surface area contributed by atoms with Gasteiger partial charge in [0.15, 0.2) is 0 Å². The van der Waals surface area contributed by atoms with Gasteiger partial charge in [-0.1, -0.05) is 67.7 Å². The third kappa shape index (κ3) is 9.20. The summed E-state index contributed by atoms with van der Waals surface area (Å²) in [6.07, 6.45) is 3.73. The van der Waals surface area contributed by atoms with Gasteiger partial charge in [-0.3, -0.25) is 13.9 Å². The Kier molecular flexibility index (Phi) is 12.2. The van der Waals surface area contributed by atoms with Gasteiger partial charge in [-0.2, -0.15) is 0 Å². The highest BCUT2D eigenvalue weighted by atomic mass is 35.5. The van der Waals surface area contributed by atoms with E-state index in [-0.39, 0.29) is 31.3 Å². The first-order valence-electron chi connectivity index (χ1n) is 12.5. The molecule has 2 amide bonds. The smallest absolute Gasteiger partial charge is 0.242 e. The van der Waals surface area contributed by atoms with Crippen molar-refractivity contribution in [1.82, 2.24) is 10.2 Å². The summed E-state index contributed by atoms with van der Waals surface area (Å²) >= 11 is 12.4. The van der Waals surface area contributed by atoms with Crippen molar-refractivity contribution in [2.45, 2.75) is 65.5 Å². The first kappa shape index (κ1) is 30.9. The summed E-state index contributed by atoms with van der Waals surface area (Å²) in [6, 6.07) is 11.6. The fourth-order valence-electron chi connectivity index (χ4n) is 4.08. The molecule has 0 heterocycles. The number of carbonyl (C=O) groups is 2. The number of anilines is 1. The molecule has 0 aliphatic rings. The van der Waals surface area contributed by atoms with E-state index in [2.05, 4.69) is 5.32 Å². The van der Waals surface area contributed by atoms with E-state index in [1.165, 1.54) is 9.21 Å². The minimum atomic E-state index is -3.55. The van der Waals surface area contributed by atoms with Crippen molar-refractivity contribution in [3.8, 4) is 0 Å². The number of sulfonamides is 1. The summed E-state index contributed by atoms with van der Waals surface area (Å²) in [4.78, 5) is 28.1. The average molecular weight is 571 g/mol. The van der Waals surface area contributed by atoms with Crippen molar-refractivity contribution >= 4 is 50.7 Å². The zero-order valence-electron chi connectivity index (χ0n) is 22.0. The van der Waals surface area contributed by atoms with Crippen LogP contribution in [0.25, 0.3) is 0 Å². The lowest BCUT2D eigenvalue weighted by Crippen LogP contribution is -2.49. The number of aryl methyl sites for hydroxylation is 1. The van der Waals surface area contributed by atoms with Gasteiger partial charge >= 0.3 is 0 Å². The van der Waals surface area contributed by atoms with E-state index in [9.17, 15) is 18.0 Å². The van der Waals surface area contributed by atoms with Gasteiger partial charge in [-0.05, 0) is 55.5 Å². The van der Waals surface area contributed by atoms with Crippen molar-refractivity contribution in [1.29, 1.82) is 0 Å². The third-order valence-electron chi connectivity index (χ3n) is 6.11. The summed E-state index contributed by atoms with van der Waals surface area (Å²) in [6.45, 7) is 6.57. The zero-order chi connectivity index (χ0) is 27.6. The molecule has 0 fully saturated rings. The summed E-state index contributed by atoms with van der Waals surface area (Å²) in [7, 11) is -3.55. The molecule has 2 aromatic rings. The molecule has 2 aromatic carbocycles. The molecular formula is C27H37Cl2N3O4S. The van der Waals surface area contributed by atoms with Gasteiger partial charge in [-0.25, -0.2) is 8.42 Å². The number of carbonyl (C=O) groups excluding carboxylic acids is 2. The SMILES string of the molecule is CCCCNC(=O)[C@H](CC)N(Cc1ccc(Cl)cc1Cl)C(=O)CCCN(c1ccccc1C)S(C)(=O)=O. The van der Waals surface area contributed by atoms with Crippen LogP contribution >= 0.6 is 23.2 Å². The molecule has 0 radical (unpaired) electrons. The Morgan fingerprint density at radius 2 is 1.76 bits per heavy atom. The van der Waals surface area contributed by atoms with Crippen molar-refractivity contribution in [2.24, 2.45) is 0 Å². The highest BCUT2D eigenvalue weighted by Crippen LogP contribution is 2.25. The molecule has 0 bridgehead atoms. The standard InChI is InChI=1S/C27H37Cl2N3O4S/c1-5-7-16-30-27(34)24(6-2)31(19-21-14-15-22(28)18-23(21)29)26(33)13-10-17-32(37(4,35)36)25-12-9-8-11-20(25)3/h8-9,11-12,14-15,18,24H,5-7,10,13,16-17,19H2,1-4H3,(H,30,34)/t24-/m0/s1. The normalized spacial score (nSPS) is 12.2. The van der Waals surface area contributed by atoms with E-state index < -0.39 is 16.1 Å². The van der Waals surface area contributed by atoms with Crippen LogP contribution in [0.5, 0.6) is 0 Å². The van der Waals surface area contributed by atoms with E-state index in [4.69, 9.17) is 23.2 Å². The molecule has 0 aromatic heterocycles. The molecule has 0 saturated heterocycles. The van der Waals surface area contributed by atoms with Crippen LogP contribution in [-0.4, -0.2) is 50.5 Å². The molecule has 1 N–H and O–H groups in total. The van der Waals surface area contributed by atoms with Gasteiger partial charge in [0.1, 0.15) is 6.04 Å². The van der Waals surface area contributed by atoms with Crippen LogP contribution in [0.15, 0.2) is 42.5 Å². The van der Waals surface area contributed by atoms with Gasteiger partial charge in [0, 0.05) is 36.1 Å². The summed E-state index contributed by atoms with van der Waals surface area (Å²) in [5, 5.41) is 3.82. The van der Waals surface area contributed by atoms with Crippen LogP contribution in [0, 0.1) is 6.92 Å². The van der Waals surface area contributed by atoms with Crippen molar-refractivity contribution in [3.63, 3.8) is 0 Å². The lowest BCUT2D eigenvalue weighted by atomic mass is 10.1. The number of hydrogen-bond acceptors (Lipinski definition) is 4. The maximum Gasteiger partial charge on any atom is 0.242 e. The molecule has 0 unspecified atom stereocenters. The number of nitrogens with one attached hydrogen (secondary N) is 1. The molecule has 7 nitrogen and oxygen atoms in total. The predicted molar refractivity (Wildman–Crippen MR) is 152 cm³/mol. The number of rotatable bonds is 14. The number of para-hydroxylation sites is 1. The van der Waals surface area contributed by atoms with Crippen LogP contribution < -0.4 is 9.62 Å². The van der Waals surface area contributed by atoms with Crippen LogP contribution in [0.1, 0.15) is 57.1 Å². The number of benzene rings is 2. The summed E-state index contributed by atoms with van der Waals surface area (Å²) in [5.74, 6) is -0.464. The van der Waals surface area contributed by atoms with Gasteiger partial charge < -0.3 is 10.2 Å². The monoisotopic (exact) mass is 569 g/mol. The van der Waals surface area contributed by atoms with E-state index in [0.717, 1.165) is 24.7 Å². The number of hydrogen-bond donors (Lipinski definition) is 1. The van der Waals surface area contributed by atoms with E-state index in [1.807, 2.05) is 32.9 Å². The van der Waals surface area contributed by atoms with Crippen molar-refractivity contribution in [2.75, 3.05) is 23.7 Å². The maximum atomic E-state index is 13.5. The number of amides is 2. The Morgan fingerprint density at radius 3 is 2.35 bits per heavy atom. The highest BCUT2D eigenvalue weighted by Gasteiger charge is 2.29. The molecular weight excluding hydrogens is 533 g/mol. The number of unbranched alkanes of at least 4 members (excludes halogenated alkanes) is 1. The molecule has 204 valence electrons. The van der Waals surface area contributed by atoms with Crippen LogP contribution in [-0.2, 0) is 26.2 Å². The fraction of sp³-hybridized carbons (Fsp3) is 0.481. The molecule has 1 atom stereocenters. The van der Waals surface area contributed by atoms with Gasteiger partial charge in [-0.15, -0.1) is 0 Å². The molecule has 0 aliphatic heterocycles. The number of nitrogens with zero attached hydrogens (tertiary/aromatic N) is 2. The van der Waals surface area contributed by atoms with Gasteiger partial charge in [0.25, 0.3) is 0 Å². The predicted octanol–water partition coefficient (Wildman–Crippen LogP) is 5.57. The largest absolute Gasteiger partial charge is 0.354 e. The van der Waals surface area contributed by atoms with Crippen molar-refractivity contribution in [3.05, 3.63) is 63.6 Å². The molecule has 2 rings (SSSR count). The minimum absolute atomic E-state index is 0.0713. The third-order valence-corrected chi connectivity index (χ3v) is 7.87. The average Bonchev–Trinajstić information content (AvgIpc) is 2.83. The first-order valence-corrected chi connectivity index (χ1v) is 15.1. The Balaban J connectivity index is 2.24. The Morgan fingerprint density at radius 1 is 1.05 bits per heavy atom. The van der Waals surface area contributed by atoms with Crippen molar-refractivity contribution < 1.29 is 18.0 Å². The lowest BCUT2D eigenvalue weighted by Gasteiger charge is -2.31. The summed E-state index contributed by atoms with van der Waals surface area (Å²) < 4.78 is 26.4. The molecule has 0 spiro atoms. The zero-order valence-corrected chi connectivity index (χ0v) is 24.3. The molecule has 37 heavy (non-hydrogen) atoms. The highest BCUT2D eigenvalue weighted by molar-refractivity contribution is 7.92. The molecule has 10 heteroatoms. The summed E-state index contributed by atoms with van der Waals surface area (Å²) in [5.41, 5.74) is 2.09. The van der Waals surface area contributed by atoms with E-state index >= 15 is 0 Å². The molecule has 0 saturated carbocycles. The first-order chi connectivity index (χ1) is 17.5. The van der Waals surface area contributed by atoms with Crippen LogP contribution in [0.2, 0.25) is 10.0 Å². The number of halogens is 2. The minimum Gasteiger partial charge on any atom is -0.354 e.